The zero-order valence-corrected chi connectivity index (χ0v) is 13.3. The highest BCUT2D eigenvalue weighted by Crippen LogP contribution is 2.26. The first-order valence-corrected chi connectivity index (χ1v) is 7.12. The Morgan fingerprint density at radius 2 is 1.74 bits per heavy atom. The molecule has 0 spiro atoms. The predicted octanol–water partition coefficient (Wildman–Crippen LogP) is 4.28. The molecule has 0 saturated heterocycles. The Kier molecular flexibility index (Phi) is 4.56. The molecule has 0 unspecified atom stereocenters. The molecule has 1 amide bonds. The topological polar surface area (TPSA) is 82.3 Å². The van der Waals surface area contributed by atoms with E-state index in [1.807, 2.05) is 18.2 Å². The molecule has 2 aromatic rings. The van der Waals surface area contributed by atoms with Crippen molar-refractivity contribution in [2.24, 2.45) is 0 Å². The first-order valence-electron chi connectivity index (χ1n) is 7.12. The van der Waals surface area contributed by atoms with Crippen molar-refractivity contribution in [1.29, 1.82) is 5.26 Å². The number of amides is 1. The van der Waals surface area contributed by atoms with E-state index >= 15 is 0 Å². The molecule has 0 aliphatic carbocycles. The highest BCUT2D eigenvalue weighted by Gasteiger charge is 2.16. The molecule has 0 aliphatic heterocycles. The summed E-state index contributed by atoms with van der Waals surface area (Å²) in [7, 11) is 0. The van der Waals surface area contributed by atoms with Gasteiger partial charge in [0.15, 0.2) is 0 Å². The molecule has 0 aliphatic rings. The second kappa shape index (κ2) is 6.41. The van der Waals surface area contributed by atoms with Gasteiger partial charge in [-0.05, 0) is 56.2 Å². The summed E-state index contributed by atoms with van der Waals surface area (Å²) in [6.45, 7) is 5.40. The van der Waals surface area contributed by atoms with Gasteiger partial charge in [-0.2, -0.15) is 5.26 Å². The minimum Gasteiger partial charge on any atom is -0.507 e. The number of carbonyl (C=O) groups is 1. The van der Waals surface area contributed by atoms with Gasteiger partial charge in [0, 0.05) is 5.69 Å². The number of aromatic hydroxyl groups is 1. The van der Waals surface area contributed by atoms with Crippen LogP contribution in [0.5, 0.6) is 5.75 Å². The van der Waals surface area contributed by atoms with Gasteiger partial charge in [-0.15, -0.1) is 0 Å². The van der Waals surface area contributed by atoms with Crippen molar-refractivity contribution >= 4 is 11.8 Å². The van der Waals surface area contributed by atoms with E-state index in [1.54, 1.807) is 45.0 Å². The molecule has 118 valence electrons. The maximum atomic E-state index is 11.7. The quantitative estimate of drug-likeness (QED) is 0.867. The lowest BCUT2D eigenvalue weighted by Crippen LogP contribution is -2.27. The number of nitriles is 1. The Morgan fingerprint density at radius 3 is 2.30 bits per heavy atom. The fourth-order valence-electron chi connectivity index (χ4n) is 1.97. The van der Waals surface area contributed by atoms with Crippen LogP contribution in [0.4, 0.5) is 10.5 Å². The zero-order chi connectivity index (χ0) is 17.0. The smallest absolute Gasteiger partial charge is 0.412 e. The molecule has 0 atom stereocenters. The van der Waals surface area contributed by atoms with Crippen LogP contribution in [0.3, 0.4) is 0 Å². The molecular weight excluding hydrogens is 292 g/mol. The van der Waals surface area contributed by atoms with Crippen LogP contribution in [0, 0.1) is 11.3 Å². The number of anilines is 1. The molecular formula is C18H18N2O3. The number of benzene rings is 2. The molecule has 23 heavy (non-hydrogen) atoms. The molecule has 0 bridgehead atoms. The summed E-state index contributed by atoms with van der Waals surface area (Å²) in [5, 5.41) is 21.1. The maximum Gasteiger partial charge on any atom is 0.412 e. The predicted molar refractivity (Wildman–Crippen MR) is 88.1 cm³/mol. The SMILES string of the molecule is CC(C)(C)OC(=O)Nc1ccc(-c2ccc(O)c(C#N)c2)cc1. The van der Waals surface area contributed by atoms with E-state index in [0.717, 1.165) is 11.1 Å². The van der Waals surface area contributed by atoms with Gasteiger partial charge in [-0.3, -0.25) is 5.32 Å². The highest BCUT2D eigenvalue weighted by atomic mass is 16.6. The van der Waals surface area contributed by atoms with Gasteiger partial charge in [0.25, 0.3) is 0 Å². The lowest BCUT2D eigenvalue weighted by atomic mass is 10.0. The number of rotatable bonds is 2. The number of ether oxygens (including phenoxy) is 1. The third-order valence-corrected chi connectivity index (χ3v) is 2.98. The number of hydrogen-bond donors (Lipinski definition) is 2. The van der Waals surface area contributed by atoms with Crippen LogP contribution in [0.1, 0.15) is 26.3 Å². The van der Waals surface area contributed by atoms with Crippen LogP contribution in [0.2, 0.25) is 0 Å². The number of carbonyl (C=O) groups excluding carboxylic acids is 1. The molecule has 2 aromatic carbocycles. The molecule has 0 saturated carbocycles. The summed E-state index contributed by atoms with van der Waals surface area (Å²) in [6, 6.07) is 13.9. The minimum absolute atomic E-state index is 0.0422. The van der Waals surface area contributed by atoms with E-state index < -0.39 is 11.7 Å². The fraction of sp³-hybridized carbons (Fsp3) is 0.222. The molecule has 2 N–H and O–H groups in total. The first-order chi connectivity index (χ1) is 10.8. The van der Waals surface area contributed by atoms with Crippen LogP contribution >= 0.6 is 0 Å². The minimum atomic E-state index is -0.552. The lowest BCUT2D eigenvalue weighted by Gasteiger charge is -2.19. The molecule has 5 heteroatoms. The highest BCUT2D eigenvalue weighted by molar-refractivity contribution is 5.85. The average molecular weight is 310 g/mol. The number of nitrogens with zero attached hydrogens (tertiary/aromatic N) is 1. The Bertz CT molecular complexity index is 753. The van der Waals surface area contributed by atoms with Gasteiger partial charge in [0.1, 0.15) is 17.4 Å². The molecule has 5 nitrogen and oxygen atoms in total. The summed E-state index contributed by atoms with van der Waals surface area (Å²) < 4.78 is 5.19. The largest absolute Gasteiger partial charge is 0.507 e. The summed E-state index contributed by atoms with van der Waals surface area (Å²) in [6.07, 6.45) is -0.512. The summed E-state index contributed by atoms with van der Waals surface area (Å²) in [5.74, 6) is -0.0422. The summed E-state index contributed by atoms with van der Waals surface area (Å²) in [5.41, 5.74) is 1.96. The first kappa shape index (κ1) is 16.4. The Morgan fingerprint density at radius 1 is 1.13 bits per heavy atom. The van der Waals surface area contributed by atoms with E-state index in [9.17, 15) is 9.90 Å². The number of nitrogens with one attached hydrogen (secondary N) is 1. The van der Waals surface area contributed by atoms with Gasteiger partial charge >= 0.3 is 6.09 Å². The molecule has 0 fully saturated rings. The molecule has 2 rings (SSSR count). The third kappa shape index (κ3) is 4.48. The Balaban J connectivity index is 2.14. The number of phenolic OH excluding ortho intramolecular Hbond substituents is 1. The Labute approximate surface area is 135 Å². The van der Waals surface area contributed by atoms with Crippen molar-refractivity contribution in [3.63, 3.8) is 0 Å². The normalized spacial score (nSPS) is 10.7. The Hall–Kier alpha value is -3.00. The van der Waals surface area contributed by atoms with E-state index in [4.69, 9.17) is 10.00 Å². The maximum absolute atomic E-state index is 11.7. The second-order valence-electron chi connectivity index (χ2n) is 6.05. The summed E-state index contributed by atoms with van der Waals surface area (Å²) in [4.78, 5) is 11.7. The van der Waals surface area contributed by atoms with E-state index in [2.05, 4.69) is 5.32 Å². The number of hydrogen-bond acceptors (Lipinski definition) is 4. The van der Waals surface area contributed by atoms with Crippen LogP contribution in [0.15, 0.2) is 42.5 Å². The van der Waals surface area contributed by atoms with Crippen LogP contribution in [0.25, 0.3) is 11.1 Å². The lowest BCUT2D eigenvalue weighted by molar-refractivity contribution is 0.0636. The van der Waals surface area contributed by atoms with Gasteiger partial charge in [-0.1, -0.05) is 18.2 Å². The molecule has 0 radical (unpaired) electrons. The van der Waals surface area contributed by atoms with Crippen molar-refractivity contribution in [3.05, 3.63) is 48.0 Å². The van der Waals surface area contributed by atoms with Crippen LogP contribution in [-0.4, -0.2) is 16.8 Å². The van der Waals surface area contributed by atoms with Crippen molar-refractivity contribution in [1.82, 2.24) is 0 Å². The van der Waals surface area contributed by atoms with Gasteiger partial charge in [-0.25, -0.2) is 4.79 Å². The van der Waals surface area contributed by atoms with Crippen molar-refractivity contribution in [3.8, 4) is 22.9 Å². The van der Waals surface area contributed by atoms with Gasteiger partial charge < -0.3 is 9.84 Å². The van der Waals surface area contributed by atoms with Crippen molar-refractivity contribution in [2.45, 2.75) is 26.4 Å². The monoisotopic (exact) mass is 310 g/mol. The van der Waals surface area contributed by atoms with Gasteiger partial charge in [0.05, 0.1) is 5.56 Å². The summed E-state index contributed by atoms with van der Waals surface area (Å²) >= 11 is 0. The van der Waals surface area contributed by atoms with E-state index in [0.29, 0.717) is 5.69 Å². The zero-order valence-electron chi connectivity index (χ0n) is 13.3. The molecule has 0 heterocycles. The van der Waals surface area contributed by atoms with Crippen LogP contribution < -0.4 is 5.32 Å². The van der Waals surface area contributed by atoms with Crippen molar-refractivity contribution < 1.29 is 14.6 Å². The van der Waals surface area contributed by atoms with E-state index in [1.165, 1.54) is 6.07 Å². The average Bonchev–Trinajstić information content (AvgIpc) is 2.46. The number of phenols is 1. The van der Waals surface area contributed by atoms with Crippen molar-refractivity contribution in [2.75, 3.05) is 5.32 Å². The molecule has 0 aromatic heterocycles. The van der Waals surface area contributed by atoms with E-state index in [-0.39, 0.29) is 11.3 Å². The second-order valence-corrected chi connectivity index (χ2v) is 6.05. The third-order valence-electron chi connectivity index (χ3n) is 2.98. The van der Waals surface area contributed by atoms with Crippen LogP contribution in [-0.2, 0) is 4.74 Å². The fourth-order valence-corrected chi connectivity index (χ4v) is 1.97. The standard InChI is InChI=1S/C18H18N2O3/c1-18(2,3)23-17(22)20-15-7-4-12(5-8-15)13-6-9-16(21)14(10-13)11-19/h4-10,21H,1-3H3,(H,20,22). The van der Waals surface area contributed by atoms with Gasteiger partial charge in [0.2, 0.25) is 0 Å².